The van der Waals surface area contributed by atoms with Gasteiger partial charge in [-0.3, -0.25) is 9.59 Å². The largest absolute Gasteiger partial charge is 0.375 e. The van der Waals surface area contributed by atoms with Gasteiger partial charge in [0.1, 0.15) is 6.61 Å². The fraction of sp³-hybridized carbons (Fsp3) is 0.550. The molecule has 8 nitrogen and oxygen atoms in total. The van der Waals surface area contributed by atoms with Crippen LogP contribution in [-0.2, 0) is 14.3 Å². The van der Waals surface area contributed by atoms with Gasteiger partial charge in [0, 0.05) is 37.5 Å². The Morgan fingerprint density at radius 2 is 1.57 bits per heavy atom. The Hall–Kier alpha value is -2.61. The van der Waals surface area contributed by atoms with Gasteiger partial charge in [0.2, 0.25) is 11.8 Å². The number of carbonyl (C=O) groups excluding carboxylic acids is 3. The highest BCUT2D eigenvalue weighted by molar-refractivity contribution is 5.93. The SMILES string of the molecule is COCC(=O)Nc1ccc(NC(=O)CCCNC(=O)NC2CCCCC2)cc1. The summed E-state index contributed by atoms with van der Waals surface area (Å²) in [6.07, 6.45) is 6.57. The molecule has 0 saturated heterocycles. The molecule has 0 aliphatic heterocycles. The van der Waals surface area contributed by atoms with Crippen LogP contribution in [0.5, 0.6) is 0 Å². The molecule has 2 rings (SSSR count). The topological polar surface area (TPSA) is 109 Å². The van der Waals surface area contributed by atoms with Gasteiger partial charge in [0.05, 0.1) is 0 Å². The summed E-state index contributed by atoms with van der Waals surface area (Å²) in [4.78, 5) is 35.3. The smallest absolute Gasteiger partial charge is 0.315 e. The highest BCUT2D eigenvalue weighted by Crippen LogP contribution is 2.17. The van der Waals surface area contributed by atoms with Crippen LogP contribution in [0.4, 0.5) is 16.2 Å². The van der Waals surface area contributed by atoms with E-state index in [1.807, 2.05) is 0 Å². The standard InChI is InChI=1S/C20H30N4O4/c1-28-14-19(26)23-17-11-9-16(10-12-17)22-18(25)8-5-13-21-20(27)24-15-6-3-2-4-7-15/h9-12,15H,2-8,13-14H2,1H3,(H,22,25)(H,23,26)(H2,21,24,27). The first-order valence-electron chi connectivity index (χ1n) is 9.80. The zero-order valence-electron chi connectivity index (χ0n) is 16.4. The molecular formula is C20H30N4O4. The third kappa shape index (κ3) is 8.39. The van der Waals surface area contributed by atoms with E-state index in [0.717, 1.165) is 12.8 Å². The van der Waals surface area contributed by atoms with Crippen molar-refractivity contribution < 1.29 is 19.1 Å². The van der Waals surface area contributed by atoms with Crippen molar-refractivity contribution in [3.8, 4) is 0 Å². The van der Waals surface area contributed by atoms with Gasteiger partial charge < -0.3 is 26.0 Å². The predicted octanol–water partition coefficient (Wildman–Crippen LogP) is 2.62. The summed E-state index contributed by atoms with van der Waals surface area (Å²) in [7, 11) is 1.46. The second kappa shape index (κ2) is 12.0. The van der Waals surface area contributed by atoms with Crippen molar-refractivity contribution in [1.82, 2.24) is 10.6 Å². The molecule has 154 valence electrons. The maximum atomic E-state index is 12.0. The Morgan fingerprint density at radius 3 is 2.18 bits per heavy atom. The molecular weight excluding hydrogens is 360 g/mol. The minimum atomic E-state index is -0.237. The van der Waals surface area contributed by atoms with E-state index in [1.165, 1.54) is 26.4 Å². The zero-order valence-corrected chi connectivity index (χ0v) is 16.4. The first-order chi connectivity index (χ1) is 13.6. The average Bonchev–Trinajstić information content (AvgIpc) is 2.68. The van der Waals surface area contributed by atoms with Crippen molar-refractivity contribution in [3.63, 3.8) is 0 Å². The Balaban J connectivity index is 1.60. The number of hydrogen-bond donors (Lipinski definition) is 4. The highest BCUT2D eigenvalue weighted by Gasteiger charge is 2.15. The third-order valence-corrected chi connectivity index (χ3v) is 4.53. The minimum Gasteiger partial charge on any atom is -0.375 e. The summed E-state index contributed by atoms with van der Waals surface area (Å²) >= 11 is 0. The minimum absolute atomic E-state index is 0.00873. The maximum absolute atomic E-state index is 12.0. The van der Waals surface area contributed by atoms with Gasteiger partial charge in [0.15, 0.2) is 0 Å². The lowest BCUT2D eigenvalue weighted by molar-refractivity contribution is -0.119. The molecule has 0 unspecified atom stereocenters. The molecule has 1 aromatic carbocycles. The summed E-state index contributed by atoms with van der Waals surface area (Å²) in [6.45, 7) is 0.446. The number of nitrogens with one attached hydrogen (secondary N) is 4. The van der Waals surface area contributed by atoms with Gasteiger partial charge in [-0.2, -0.15) is 0 Å². The summed E-state index contributed by atoms with van der Waals surface area (Å²) in [5.74, 6) is -0.357. The van der Waals surface area contributed by atoms with Crippen LogP contribution >= 0.6 is 0 Å². The van der Waals surface area contributed by atoms with E-state index in [0.29, 0.717) is 30.8 Å². The fourth-order valence-electron chi connectivity index (χ4n) is 3.12. The fourth-order valence-corrected chi connectivity index (χ4v) is 3.12. The monoisotopic (exact) mass is 390 g/mol. The lowest BCUT2D eigenvalue weighted by Gasteiger charge is -2.22. The van der Waals surface area contributed by atoms with Crippen molar-refractivity contribution >= 4 is 29.2 Å². The van der Waals surface area contributed by atoms with Crippen LogP contribution in [0.25, 0.3) is 0 Å². The number of methoxy groups -OCH3 is 1. The van der Waals surface area contributed by atoms with Crippen molar-refractivity contribution in [2.45, 2.75) is 51.0 Å². The molecule has 0 aromatic heterocycles. The molecule has 4 N–H and O–H groups in total. The van der Waals surface area contributed by atoms with Crippen LogP contribution in [0, 0.1) is 0 Å². The lowest BCUT2D eigenvalue weighted by atomic mass is 9.96. The van der Waals surface area contributed by atoms with Crippen molar-refractivity contribution in [3.05, 3.63) is 24.3 Å². The predicted molar refractivity (Wildman–Crippen MR) is 108 cm³/mol. The number of ether oxygens (including phenoxy) is 1. The number of urea groups is 1. The van der Waals surface area contributed by atoms with E-state index in [2.05, 4.69) is 21.3 Å². The Labute approximate surface area is 165 Å². The molecule has 1 aromatic rings. The van der Waals surface area contributed by atoms with E-state index >= 15 is 0 Å². The molecule has 1 fully saturated rings. The van der Waals surface area contributed by atoms with E-state index < -0.39 is 0 Å². The van der Waals surface area contributed by atoms with E-state index in [-0.39, 0.29) is 30.5 Å². The van der Waals surface area contributed by atoms with Crippen LogP contribution in [0.3, 0.4) is 0 Å². The normalized spacial score (nSPS) is 14.2. The highest BCUT2D eigenvalue weighted by atomic mass is 16.5. The van der Waals surface area contributed by atoms with Gasteiger partial charge in [-0.25, -0.2) is 4.79 Å². The van der Waals surface area contributed by atoms with E-state index in [4.69, 9.17) is 4.74 Å². The van der Waals surface area contributed by atoms with Gasteiger partial charge in [-0.15, -0.1) is 0 Å². The first-order valence-corrected chi connectivity index (χ1v) is 9.80. The second-order valence-electron chi connectivity index (χ2n) is 6.95. The van der Waals surface area contributed by atoms with Crippen LogP contribution in [0.2, 0.25) is 0 Å². The van der Waals surface area contributed by atoms with Crippen molar-refractivity contribution in [2.24, 2.45) is 0 Å². The summed E-state index contributed by atoms with van der Waals surface area (Å²) in [5.41, 5.74) is 1.28. The van der Waals surface area contributed by atoms with Gasteiger partial charge in [-0.05, 0) is 43.5 Å². The number of anilines is 2. The number of hydrogen-bond acceptors (Lipinski definition) is 4. The number of amides is 4. The average molecular weight is 390 g/mol. The Kier molecular flexibility index (Phi) is 9.27. The zero-order chi connectivity index (χ0) is 20.2. The maximum Gasteiger partial charge on any atom is 0.315 e. The Bertz CT molecular complexity index is 642. The van der Waals surface area contributed by atoms with Crippen molar-refractivity contribution in [2.75, 3.05) is 30.9 Å². The van der Waals surface area contributed by atoms with Crippen LogP contribution in [0.1, 0.15) is 44.9 Å². The molecule has 0 spiro atoms. The van der Waals surface area contributed by atoms with Crippen molar-refractivity contribution in [1.29, 1.82) is 0 Å². The number of benzene rings is 1. The molecule has 1 aliphatic carbocycles. The molecule has 0 bridgehead atoms. The lowest BCUT2D eigenvalue weighted by Crippen LogP contribution is -2.43. The first kappa shape index (κ1) is 21.7. The van der Waals surface area contributed by atoms with Crippen LogP contribution in [0.15, 0.2) is 24.3 Å². The van der Waals surface area contributed by atoms with Crippen LogP contribution < -0.4 is 21.3 Å². The quantitative estimate of drug-likeness (QED) is 0.486. The Morgan fingerprint density at radius 1 is 0.964 bits per heavy atom. The number of carbonyl (C=O) groups is 3. The summed E-state index contributed by atoms with van der Waals surface area (Å²) in [5, 5.41) is 11.3. The molecule has 28 heavy (non-hydrogen) atoms. The van der Waals surface area contributed by atoms with Crippen LogP contribution in [-0.4, -0.2) is 44.1 Å². The molecule has 8 heteroatoms. The van der Waals surface area contributed by atoms with E-state index in [1.54, 1.807) is 24.3 Å². The molecule has 4 amide bonds. The van der Waals surface area contributed by atoms with Gasteiger partial charge >= 0.3 is 6.03 Å². The number of rotatable bonds is 9. The van der Waals surface area contributed by atoms with Gasteiger partial charge in [-0.1, -0.05) is 19.3 Å². The summed E-state index contributed by atoms with van der Waals surface area (Å²) < 4.78 is 4.75. The molecule has 1 saturated carbocycles. The summed E-state index contributed by atoms with van der Waals surface area (Å²) in [6, 6.07) is 6.98. The van der Waals surface area contributed by atoms with E-state index in [9.17, 15) is 14.4 Å². The molecule has 1 aliphatic rings. The molecule has 0 radical (unpaired) electrons. The third-order valence-electron chi connectivity index (χ3n) is 4.53. The molecule has 0 atom stereocenters. The second-order valence-corrected chi connectivity index (χ2v) is 6.95. The molecule has 0 heterocycles. The van der Waals surface area contributed by atoms with Gasteiger partial charge in [0.25, 0.3) is 0 Å².